The van der Waals surface area contributed by atoms with Crippen LogP contribution in [0.4, 0.5) is 0 Å². The number of aromatic nitrogens is 2. The van der Waals surface area contributed by atoms with Gasteiger partial charge in [0.1, 0.15) is 5.82 Å². The van der Waals surface area contributed by atoms with E-state index in [0.29, 0.717) is 12.5 Å². The number of hydrogen-bond acceptors (Lipinski definition) is 3. The molecule has 1 heterocycles. The lowest BCUT2D eigenvalue weighted by Gasteiger charge is -2.25. The number of ether oxygens (including phenoxy) is 1. The van der Waals surface area contributed by atoms with Crippen molar-refractivity contribution < 1.29 is 4.74 Å². The van der Waals surface area contributed by atoms with E-state index in [1.54, 1.807) is 7.11 Å². The first-order valence-electron chi connectivity index (χ1n) is 6.28. The number of H-pyrrole nitrogens is 1. The van der Waals surface area contributed by atoms with Gasteiger partial charge in [-0.05, 0) is 18.8 Å². The molecule has 0 amide bonds. The van der Waals surface area contributed by atoms with Crippen LogP contribution in [0.3, 0.4) is 0 Å². The van der Waals surface area contributed by atoms with Crippen molar-refractivity contribution in [2.24, 2.45) is 5.92 Å². The molecule has 1 N–H and O–H groups in total. The first kappa shape index (κ1) is 12.3. The van der Waals surface area contributed by atoms with Crippen molar-refractivity contribution in [2.75, 3.05) is 7.11 Å². The maximum absolute atomic E-state index is 11.6. The summed E-state index contributed by atoms with van der Waals surface area (Å²) in [6.45, 7) is 2.67. The second-order valence-electron chi connectivity index (χ2n) is 5.02. The smallest absolute Gasteiger partial charge is 0.251 e. The molecular weight excluding hydrogens is 216 g/mol. The number of methoxy groups -OCH3 is 1. The molecule has 0 bridgehead atoms. The highest BCUT2D eigenvalue weighted by Gasteiger charge is 2.22. The fourth-order valence-electron chi connectivity index (χ4n) is 2.63. The average molecular weight is 236 g/mol. The molecule has 94 valence electrons. The van der Waals surface area contributed by atoms with Gasteiger partial charge < -0.3 is 9.72 Å². The summed E-state index contributed by atoms with van der Waals surface area (Å²) in [5.74, 6) is 1.98. The molecule has 2 atom stereocenters. The summed E-state index contributed by atoms with van der Waals surface area (Å²) in [6, 6.07) is 1.51. The fraction of sp³-hybridized carbons (Fsp3) is 0.692. The van der Waals surface area contributed by atoms with E-state index in [2.05, 4.69) is 16.9 Å². The van der Waals surface area contributed by atoms with Crippen molar-refractivity contribution in [1.29, 1.82) is 0 Å². The Kier molecular flexibility index (Phi) is 3.94. The van der Waals surface area contributed by atoms with Gasteiger partial charge in [0.05, 0.1) is 12.3 Å². The van der Waals surface area contributed by atoms with E-state index < -0.39 is 0 Å². The summed E-state index contributed by atoms with van der Waals surface area (Å²) in [5, 5.41) is 0. The molecule has 0 aromatic carbocycles. The van der Waals surface area contributed by atoms with Crippen LogP contribution < -0.4 is 5.56 Å². The summed E-state index contributed by atoms with van der Waals surface area (Å²) in [6.07, 6.45) is 4.77. The van der Waals surface area contributed by atoms with Gasteiger partial charge in [0.15, 0.2) is 0 Å². The van der Waals surface area contributed by atoms with Gasteiger partial charge in [-0.25, -0.2) is 4.98 Å². The average Bonchev–Trinajstić information content (AvgIpc) is 2.28. The van der Waals surface area contributed by atoms with Gasteiger partial charge in [-0.2, -0.15) is 0 Å². The topological polar surface area (TPSA) is 55.0 Å². The van der Waals surface area contributed by atoms with Gasteiger partial charge >= 0.3 is 0 Å². The van der Waals surface area contributed by atoms with Crippen LogP contribution in [0.15, 0.2) is 10.9 Å². The molecule has 4 nitrogen and oxygen atoms in total. The minimum absolute atomic E-state index is 0.0692. The standard InChI is InChI=1S/C13H20N2O2/c1-9-4-3-5-10(6-9)13-14-11(8-17-2)7-12(16)15-13/h7,9-10H,3-6,8H2,1-2H3,(H,14,15,16). The molecule has 4 heteroatoms. The van der Waals surface area contributed by atoms with Crippen LogP contribution in [0, 0.1) is 5.92 Å². The van der Waals surface area contributed by atoms with E-state index in [0.717, 1.165) is 30.3 Å². The minimum atomic E-state index is -0.0692. The molecule has 0 aliphatic heterocycles. The van der Waals surface area contributed by atoms with E-state index in [1.807, 2.05) is 0 Å². The van der Waals surface area contributed by atoms with Gasteiger partial charge in [0.2, 0.25) is 0 Å². The largest absolute Gasteiger partial charge is 0.378 e. The van der Waals surface area contributed by atoms with Crippen LogP contribution in [-0.2, 0) is 11.3 Å². The Balaban J connectivity index is 2.21. The third kappa shape index (κ3) is 3.16. The fourth-order valence-corrected chi connectivity index (χ4v) is 2.63. The lowest BCUT2D eigenvalue weighted by atomic mass is 9.82. The van der Waals surface area contributed by atoms with Crippen LogP contribution in [0.5, 0.6) is 0 Å². The van der Waals surface area contributed by atoms with E-state index in [-0.39, 0.29) is 5.56 Å². The van der Waals surface area contributed by atoms with Gasteiger partial charge in [-0.15, -0.1) is 0 Å². The lowest BCUT2D eigenvalue weighted by Crippen LogP contribution is -2.20. The normalized spacial score (nSPS) is 24.8. The Morgan fingerprint density at radius 2 is 2.35 bits per heavy atom. The van der Waals surface area contributed by atoms with Crippen molar-refractivity contribution in [1.82, 2.24) is 9.97 Å². The number of nitrogens with zero attached hydrogens (tertiary/aromatic N) is 1. The van der Waals surface area contributed by atoms with Crippen LogP contribution >= 0.6 is 0 Å². The summed E-state index contributed by atoms with van der Waals surface area (Å²) < 4.78 is 5.03. The molecule has 2 unspecified atom stereocenters. The monoisotopic (exact) mass is 236 g/mol. The molecule has 1 aromatic rings. The van der Waals surface area contributed by atoms with Crippen LogP contribution in [0.1, 0.15) is 50.0 Å². The van der Waals surface area contributed by atoms with Crippen LogP contribution in [0.25, 0.3) is 0 Å². The zero-order chi connectivity index (χ0) is 12.3. The zero-order valence-electron chi connectivity index (χ0n) is 10.5. The highest BCUT2D eigenvalue weighted by molar-refractivity contribution is 5.06. The SMILES string of the molecule is COCc1cc(=O)[nH]c(C2CCCC(C)C2)n1. The molecular formula is C13H20N2O2. The molecule has 17 heavy (non-hydrogen) atoms. The lowest BCUT2D eigenvalue weighted by molar-refractivity contribution is 0.180. The van der Waals surface area contributed by atoms with Crippen molar-refractivity contribution in [3.63, 3.8) is 0 Å². The molecule has 0 spiro atoms. The predicted octanol–water partition coefficient (Wildman–Crippen LogP) is 2.21. The van der Waals surface area contributed by atoms with Gasteiger partial charge in [-0.1, -0.05) is 19.8 Å². The van der Waals surface area contributed by atoms with Crippen LogP contribution in [0.2, 0.25) is 0 Å². The predicted molar refractivity (Wildman–Crippen MR) is 65.9 cm³/mol. The van der Waals surface area contributed by atoms with E-state index in [4.69, 9.17) is 4.74 Å². The summed E-state index contributed by atoms with van der Waals surface area (Å²) in [7, 11) is 1.62. The maximum atomic E-state index is 11.6. The van der Waals surface area contributed by atoms with Gasteiger partial charge in [-0.3, -0.25) is 4.79 Å². The number of rotatable bonds is 3. The Morgan fingerprint density at radius 1 is 1.53 bits per heavy atom. The molecule has 1 aliphatic carbocycles. The second-order valence-corrected chi connectivity index (χ2v) is 5.02. The Hall–Kier alpha value is -1.16. The highest BCUT2D eigenvalue weighted by atomic mass is 16.5. The molecule has 0 radical (unpaired) electrons. The van der Waals surface area contributed by atoms with Gasteiger partial charge in [0, 0.05) is 19.1 Å². The molecule has 1 saturated carbocycles. The molecule has 1 fully saturated rings. The molecule has 1 aromatic heterocycles. The van der Waals surface area contributed by atoms with Crippen molar-refractivity contribution in [3.05, 3.63) is 27.9 Å². The van der Waals surface area contributed by atoms with E-state index >= 15 is 0 Å². The van der Waals surface area contributed by atoms with Crippen molar-refractivity contribution >= 4 is 0 Å². The van der Waals surface area contributed by atoms with E-state index in [1.165, 1.54) is 18.9 Å². The first-order valence-corrected chi connectivity index (χ1v) is 6.28. The Morgan fingerprint density at radius 3 is 3.06 bits per heavy atom. The maximum Gasteiger partial charge on any atom is 0.251 e. The Bertz CT molecular complexity index is 428. The first-order chi connectivity index (χ1) is 8.19. The molecule has 1 aliphatic rings. The quantitative estimate of drug-likeness (QED) is 0.875. The van der Waals surface area contributed by atoms with Gasteiger partial charge in [0.25, 0.3) is 5.56 Å². The number of hydrogen-bond donors (Lipinski definition) is 1. The molecule has 2 rings (SSSR count). The second kappa shape index (κ2) is 5.45. The highest BCUT2D eigenvalue weighted by Crippen LogP contribution is 2.33. The van der Waals surface area contributed by atoms with Crippen molar-refractivity contribution in [2.45, 2.75) is 45.1 Å². The zero-order valence-corrected chi connectivity index (χ0v) is 10.5. The van der Waals surface area contributed by atoms with E-state index in [9.17, 15) is 4.79 Å². The summed E-state index contributed by atoms with van der Waals surface area (Å²) in [5.41, 5.74) is 0.657. The Labute approximate surface area is 101 Å². The van der Waals surface area contributed by atoms with Crippen LogP contribution in [-0.4, -0.2) is 17.1 Å². The number of nitrogens with one attached hydrogen (secondary N) is 1. The summed E-state index contributed by atoms with van der Waals surface area (Å²) >= 11 is 0. The third-order valence-electron chi connectivity index (χ3n) is 3.43. The van der Waals surface area contributed by atoms with Crippen molar-refractivity contribution in [3.8, 4) is 0 Å². The number of aromatic amines is 1. The molecule has 0 saturated heterocycles. The minimum Gasteiger partial charge on any atom is -0.378 e. The third-order valence-corrected chi connectivity index (χ3v) is 3.43. The summed E-state index contributed by atoms with van der Waals surface area (Å²) in [4.78, 5) is 18.9.